The molecular weight excluding hydrogens is 377 g/mol. The highest BCUT2D eigenvalue weighted by Crippen LogP contribution is 2.40. The lowest BCUT2D eigenvalue weighted by atomic mass is 10.1. The normalized spacial score (nSPS) is 13.4. The van der Waals surface area contributed by atoms with Gasteiger partial charge in [0, 0.05) is 19.6 Å². The minimum Gasteiger partial charge on any atom is -0.494 e. The summed E-state index contributed by atoms with van der Waals surface area (Å²) in [4.78, 5) is 19.0. The predicted octanol–water partition coefficient (Wildman–Crippen LogP) is 2.44. The highest BCUT2D eigenvalue weighted by Gasteiger charge is 2.22. The van der Waals surface area contributed by atoms with Crippen LogP contribution in [-0.2, 0) is 0 Å². The van der Waals surface area contributed by atoms with Crippen LogP contribution in [0.3, 0.4) is 0 Å². The van der Waals surface area contributed by atoms with E-state index in [2.05, 4.69) is 39.7 Å². The van der Waals surface area contributed by atoms with E-state index in [1.54, 1.807) is 6.07 Å². The molecule has 1 aromatic carbocycles. The molecule has 0 fully saturated rings. The maximum absolute atomic E-state index is 12.6. The molecule has 1 aliphatic rings. The second kappa shape index (κ2) is 9.85. The zero-order valence-electron chi connectivity index (χ0n) is 15.3. The van der Waals surface area contributed by atoms with Crippen molar-refractivity contribution in [2.24, 2.45) is 4.99 Å². The smallest absolute Gasteiger partial charge is 0.255 e. The zero-order chi connectivity index (χ0) is 19.1. The first-order valence-electron chi connectivity index (χ1n) is 8.63. The molecule has 0 saturated heterocycles. The Morgan fingerprint density at radius 1 is 1.38 bits per heavy atom. The lowest BCUT2D eigenvalue weighted by Crippen LogP contribution is -2.35. The maximum Gasteiger partial charge on any atom is 0.255 e. The Hall–Kier alpha value is -1.70. The summed E-state index contributed by atoms with van der Waals surface area (Å²) in [7, 11) is 1.47. The molecule has 1 heterocycles. The van der Waals surface area contributed by atoms with Crippen LogP contribution in [0, 0.1) is 0 Å². The first kappa shape index (κ1) is 20.6. The Kier molecular flexibility index (Phi) is 7.81. The van der Waals surface area contributed by atoms with Crippen LogP contribution in [-0.4, -0.2) is 63.1 Å². The maximum atomic E-state index is 12.6. The number of carbonyl (C=O) groups excluding carboxylic acids is 1. The van der Waals surface area contributed by atoms with Gasteiger partial charge in [0.1, 0.15) is 5.02 Å². The zero-order valence-corrected chi connectivity index (χ0v) is 16.8. The fourth-order valence-corrected chi connectivity index (χ4v) is 3.27. The molecule has 0 atom stereocenters. The molecule has 144 valence electrons. The molecule has 0 saturated carbocycles. The van der Waals surface area contributed by atoms with Gasteiger partial charge in [0.2, 0.25) is 0 Å². The molecule has 0 radical (unpaired) electrons. The molecule has 0 unspecified atom stereocenters. The first-order chi connectivity index (χ1) is 12.5. The number of benzene rings is 1. The van der Waals surface area contributed by atoms with E-state index < -0.39 is 0 Å². The van der Waals surface area contributed by atoms with Crippen molar-refractivity contribution in [2.75, 3.05) is 51.7 Å². The van der Waals surface area contributed by atoms with Gasteiger partial charge < -0.3 is 25.6 Å². The minimum atomic E-state index is -0.277. The summed E-state index contributed by atoms with van der Waals surface area (Å²) < 4.78 is 5.37. The van der Waals surface area contributed by atoms with Crippen LogP contribution in [0.5, 0.6) is 5.75 Å². The molecule has 3 N–H and O–H groups in total. The molecule has 1 aliphatic heterocycles. The fraction of sp³-hybridized carbons (Fsp3) is 0.529. The average molecular weight is 402 g/mol. The van der Waals surface area contributed by atoms with Crippen molar-refractivity contribution in [2.45, 2.75) is 13.8 Å². The van der Waals surface area contributed by atoms with Crippen LogP contribution in [0.1, 0.15) is 24.2 Å². The summed E-state index contributed by atoms with van der Waals surface area (Å²) in [5, 5.41) is 9.58. The fourth-order valence-electron chi connectivity index (χ4n) is 2.65. The Balaban J connectivity index is 2.16. The SMILES string of the molecule is CCN(CC)CCNC(=O)c1cc(Cl)c(NC2=NCCN2)c(Cl)c1OC. The molecule has 1 aromatic rings. The molecule has 9 heteroatoms. The van der Waals surface area contributed by atoms with Crippen LogP contribution in [0.2, 0.25) is 10.0 Å². The third-order valence-corrected chi connectivity index (χ3v) is 4.81. The summed E-state index contributed by atoms with van der Waals surface area (Å²) in [6, 6.07) is 1.55. The van der Waals surface area contributed by atoms with E-state index in [4.69, 9.17) is 27.9 Å². The van der Waals surface area contributed by atoms with Gasteiger partial charge in [0.25, 0.3) is 5.91 Å². The number of carbonyl (C=O) groups is 1. The van der Waals surface area contributed by atoms with E-state index in [-0.39, 0.29) is 16.7 Å². The summed E-state index contributed by atoms with van der Waals surface area (Å²) in [6.07, 6.45) is 0. The van der Waals surface area contributed by atoms with Gasteiger partial charge in [-0.1, -0.05) is 37.0 Å². The van der Waals surface area contributed by atoms with Crippen molar-refractivity contribution in [3.63, 3.8) is 0 Å². The van der Waals surface area contributed by atoms with Crippen LogP contribution < -0.4 is 20.7 Å². The number of halogens is 2. The number of amides is 1. The van der Waals surface area contributed by atoms with Gasteiger partial charge >= 0.3 is 0 Å². The summed E-state index contributed by atoms with van der Waals surface area (Å²) in [6.45, 7) is 8.78. The standard InChI is InChI=1S/C17H25Cl2N5O2/c1-4-24(5-2)9-8-20-16(25)11-10-12(18)14(13(19)15(11)26-3)23-17-21-6-7-22-17/h10H,4-9H2,1-3H3,(H,20,25)(H2,21,22,23). The molecule has 7 nitrogen and oxygen atoms in total. The molecule has 2 rings (SSSR count). The van der Waals surface area contributed by atoms with Crippen molar-refractivity contribution >= 4 is 40.8 Å². The highest BCUT2D eigenvalue weighted by atomic mass is 35.5. The molecule has 0 aromatic heterocycles. The van der Waals surface area contributed by atoms with Gasteiger partial charge in [-0.3, -0.25) is 9.79 Å². The Morgan fingerprint density at radius 3 is 2.69 bits per heavy atom. The van der Waals surface area contributed by atoms with Crippen molar-refractivity contribution in [3.05, 3.63) is 21.7 Å². The predicted molar refractivity (Wildman–Crippen MR) is 107 cm³/mol. The summed E-state index contributed by atoms with van der Waals surface area (Å²) >= 11 is 12.8. The molecular formula is C17H25Cl2N5O2. The van der Waals surface area contributed by atoms with Gasteiger partial charge in [-0.25, -0.2) is 0 Å². The van der Waals surface area contributed by atoms with Gasteiger partial charge in [-0.15, -0.1) is 0 Å². The number of rotatable bonds is 8. The molecule has 0 bridgehead atoms. The molecule has 0 spiro atoms. The second-order valence-electron chi connectivity index (χ2n) is 5.69. The van der Waals surface area contributed by atoms with E-state index in [0.717, 1.165) is 26.2 Å². The number of likely N-dealkylation sites (N-methyl/N-ethyl adjacent to an activating group) is 1. The Bertz CT molecular complexity index is 678. The van der Waals surface area contributed by atoms with E-state index in [1.807, 2.05) is 0 Å². The van der Waals surface area contributed by atoms with E-state index in [0.29, 0.717) is 35.3 Å². The summed E-state index contributed by atoms with van der Waals surface area (Å²) in [5.74, 6) is 0.588. The Morgan fingerprint density at radius 2 is 2.12 bits per heavy atom. The van der Waals surface area contributed by atoms with Crippen LogP contribution in [0.4, 0.5) is 5.69 Å². The number of nitrogens with one attached hydrogen (secondary N) is 3. The summed E-state index contributed by atoms with van der Waals surface area (Å²) in [5.41, 5.74) is 0.756. The number of guanidine groups is 1. The number of ether oxygens (including phenoxy) is 1. The monoisotopic (exact) mass is 401 g/mol. The average Bonchev–Trinajstić information content (AvgIpc) is 3.15. The van der Waals surface area contributed by atoms with E-state index in [1.165, 1.54) is 7.11 Å². The lowest BCUT2D eigenvalue weighted by Gasteiger charge is -2.19. The van der Waals surface area contributed by atoms with Crippen molar-refractivity contribution < 1.29 is 9.53 Å². The highest BCUT2D eigenvalue weighted by molar-refractivity contribution is 6.41. The quantitative estimate of drug-likeness (QED) is 0.623. The number of methoxy groups -OCH3 is 1. The number of hydrogen-bond acceptors (Lipinski definition) is 6. The first-order valence-corrected chi connectivity index (χ1v) is 9.39. The Labute approximate surface area is 164 Å². The van der Waals surface area contributed by atoms with Gasteiger partial charge in [-0.2, -0.15) is 0 Å². The third-order valence-electron chi connectivity index (χ3n) is 4.15. The largest absolute Gasteiger partial charge is 0.494 e. The molecule has 1 amide bonds. The topological polar surface area (TPSA) is 78.0 Å². The molecule has 0 aliphatic carbocycles. The van der Waals surface area contributed by atoms with Crippen molar-refractivity contribution in [3.8, 4) is 5.75 Å². The van der Waals surface area contributed by atoms with Crippen molar-refractivity contribution in [1.82, 2.24) is 15.5 Å². The number of anilines is 1. The van der Waals surface area contributed by atoms with Crippen LogP contribution in [0.15, 0.2) is 11.1 Å². The molecule has 26 heavy (non-hydrogen) atoms. The van der Waals surface area contributed by atoms with E-state index in [9.17, 15) is 4.79 Å². The lowest BCUT2D eigenvalue weighted by molar-refractivity contribution is 0.0946. The number of aliphatic imine (C=N–C) groups is 1. The number of nitrogens with zero attached hydrogens (tertiary/aromatic N) is 2. The van der Waals surface area contributed by atoms with Crippen molar-refractivity contribution in [1.29, 1.82) is 0 Å². The second-order valence-corrected chi connectivity index (χ2v) is 6.48. The van der Waals surface area contributed by atoms with Gasteiger partial charge in [0.05, 0.1) is 29.9 Å². The van der Waals surface area contributed by atoms with Gasteiger partial charge in [0.15, 0.2) is 11.7 Å². The van der Waals surface area contributed by atoms with E-state index >= 15 is 0 Å². The van der Waals surface area contributed by atoms with Gasteiger partial charge in [-0.05, 0) is 19.2 Å². The minimum absolute atomic E-state index is 0.241. The van der Waals surface area contributed by atoms with Crippen LogP contribution in [0.25, 0.3) is 0 Å². The third kappa shape index (κ3) is 4.93. The number of hydrogen-bond donors (Lipinski definition) is 3. The van der Waals surface area contributed by atoms with Crippen LogP contribution >= 0.6 is 23.2 Å².